The van der Waals surface area contributed by atoms with Crippen LogP contribution >= 0.6 is 0 Å². The average molecular weight is 451 g/mol. The van der Waals surface area contributed by atoms with E-state index < -0.39 is 0 Å². The van der Waals surface area contributed by atoms with Gasteiger partial charge in [-0.1, -0.05) is 51.3 Å². The molecule has 0 bridgehead atoms. The van der Waals surface area contributed by atoms with Gasteiger partial charge in [0.2, 0.25) is 0 Å². The molecule has 0 aliphatic rings. The highest BCUT2D eigenvalue weighted by Gasteiger charge is 2.03. The summed E-state index contributed by atoms with van der Waals surface area (Å²) < 4.78 is 32.9. The molecule has 0 atom stereocenters. The minimum atomic E-state index is 0.475. The van der Waals surface area contributed by atoms with Crippen molar-refractivity contribution in [3.05, 3.63) is 48.6 Å². The molecule has 0 saturated heterocycles. The standard InChI is InChI=1S/C26H42O6/c1-5-11-27-13-15-29-17-19-31-21-23(3)25-7-9-26(10-8-25)24(4)22-32-20-18-30-16-14-28-12-6-2/h7-10H,3-6,11-22H2,1-2H3. The first-order valence-electron chi connectivity index (χ1n) is 11.6. The summed E-state index contributed by atoms with van der Waals surface area (Å²) >= 11 is 0. The lowest BCUT2D eigenvalue weighted by Crippen LogP contribution is -2.10. The molecule has 0 spiro atoms. The number of hydrogen-bond donors (Lipinski definition) is 0. The maximum atomic E-state index is 5.65. The molecule has 0 heterocycles. The summed E-state index contributed by atoms with van der Waals surface area (Å²) in [6.45, 7) is 19.6. The highest BCUT2D eigenvalue weighted by atomic mass is 16.5. The lowest BCUT2D eigenvalue weighted by molar-refractivity contribution is 0.0204. The first-order chi connectivity index (χ1) is 15.7. The Bertz CT molecular complexity index is 546. The summed E-state index contributed by atoms with van der Waals surface area (Å²) in [5, 5.41) is 0. The van der Waals surface area contributed by atoms with Crippen molar-refractivity contribution in [2.24, 2.45) is 0 Å². The van der Waals surface area contributed by atoms with Crippen molar-refractivity contribution in [1.82, 2.24) is 0 Å². The molecule has 6 heteroatoms. The molecule has 1 aromatic rings. The molecular formula is C26H42O6. The van der Waals surface area contributed by atoms with Crippen molar-refractivity contribution in [1.29, 1.82) is 0 Å². The quantitative estimate of drug-likeness (QED) is 0.240. The predicted molar refractivity (Wildman–Crippen MR) is 130 cm³/mol. The molecular weight excluding hydrogens is 408 g/mol. The second-order valence-electron chi connectivity index (χ2n) is 7.34. The van der Waals surface area contributed by atoms with Gasteiger partial charge in [-0.15, -0.1) is 0 Å². The van der Waals surface area contributed by atoms with Crippen LogP contribution in [0.15, 0.2) is 37.4 Å². The van der Waals surface area contributed by atoms with Crippen LogP contribution in [0.25, 0.3) is 11.1 Å². The van der Waals surface area contributed by atoms with Crippen molar-refractivity contribution in [2.45, 2.75) is 26.7 Å². The van der Waals surface area contributed by atoms with Gasteiger partial charge < -0.3 is 28.4 Å². The van der Waals surface area contributed by atoms with Gasteiger partial charge in [0.1, 0.15) is 0 Å². The maximum Gasteiger partial charge on any atom is 0.0718 e. The smallest absolute Gasteiger partial charge is 0.0718 e. The van der Waals surface area contributed by atoms with Crippen molar-refractivity contribution < 1.29 is 28.4 Å². The number of benzene rings is 1. The van der Waals surface area contributed by atoms with Gasteiger partial charge in [0.25, 0.3) is 0 Å². The molecule has 0 fully saturated rings. The summed E-state index contributed by atoms with van der Waals surface area (Å²) in [4.78, 5) is 0. The Morgan fingerprint density at radius 3 is 1.09 bits per heavy atom. The van der Waals surface area contributed by atoms with Gasteiger partial charge in [-0.2, -0.15) is 0 Å². The van der Waals surface area contributed by atoms with Crippen molar-refractivity contribution in [3.8, 4) is 0 Å². The summed E-state index contributed by atoms with van der Waals surface area (Å²) in [5.74, 6) is 0. The van der Waals surface area contributed by atoms with Gasteiger partial charge in [-0.05, 0) is 35.1 Å². The molecule has 1 aromatic carbocycles. The van der Waals surface area contributed by atoms with Crippen LogP contribution in [0.1, 0.15) is 37.8 Å². The van der Waals surface area contributed by atoms with E-state index in [1.807, 2.05) is 24.3 Å². The summed E-state index contributed by atoms with van der Waals surface area (Å²) in [6.07, 6.45) is 2.05. The zero-order chi connectivity index (χ0) is 23.3. The topological polar surface area (TPSA) is 55.4 Å². The Labute approximate surface area is 194 Å². The third-order valence-electron chi connectivity index (χ3n) is 4.44. The highest BCUT2D eigenvalue weighted by Crippen LogP contribution is 2.18. The second kappa shape index (κ2) is 20.1. The lowest BCUT2D eigenvalue weighted by atomic mass is 10.0. The van der Waals surface area contributed by atoms with Crippen molar-refractivity contribution >= 4 is 11.1 Å². The normalized spacial score (nSPS) is 11.1. The third-order valence-corrected chi connectivity index (χ3v) is 4.44. The van der Waals surface area contributed by atoms with Crippen LogP contribution < -0.4 is 0 Å². The fourth-order valence-corrected chi connectivity index (χ4v) is 2.67. The van der Waals surface area contributed by atoms with E-state index in [4.69, 9.17) is 28.4 Å². The first kappa shape index (κ1) is 28.5. The Hall–Kier alpha value is -1.54. The molecule has 0 radical (unpaired) electrons. The largest absolute Gasteiger partial charge is 0.379 e. The Kier molecular flexibility index (Phi) is 17.9. The van der Waals surface area contributed by atoms with Crippen molar-refractivity contribution in [3.63, 3.8) is 0 Å². The molecule has 0 aliphatic heterocycles. The fraction of sp³-hybridized carbons (Fsp3) is 0.615. The van der Waals surface area contributed by atoms with Crippen LogP contribution in [0, 0.1) is 0 Å². The van der Waals surface area contributed by atoms with Crippen LogP contribution in [0.4, 0.5) is 0 Å². The van der Waals surface area contributed by atoms with Gasteiger partial charge in [0.15, 0.2) is 0 Å². The maximum absolute atomic E-state index is 5.65. The Balaban J connectivity index is 2.11. The van der Waals surface area contributed by atoms with E-state index >= 15 is 0 Å². The third kappa shape index (κ3) is 14.5. The van der Waals surface area contributed by atoms with Gasteiger partial charge in [0, 0.05) is 13.2 Å². The molecule has 6 nitrogen and oxygen atoms in total. The minimum Gasteiger partial charge on any atom is -0.379 e. The Morgan fingerprint density at radius 1 is 0.500 bits per heavy atom. The van der Waals surface area contributed by atoms with E-state index in [2.05, 4.69) is 27.0 Å². The van der Waals surface area contributed by atoms with Gasteiger partial charge in [-0.25, -0.2) is 0 Å². The van der Waals surface area contributed by atoms with Crippen LogP contribution in [-0.2, 0) is 28.4 Å². The first-order valence-corrected chi connectivity index (χ1v) is 11.6. The predicted octanol–water partition coefficient (Wildman–Crippen LogP) is 4.63. The molecule has 1 rings (SSSR count). The van der Waals surface area contributed by atoms with E-state index in [0.717, 1.165) is 48.3 Å². The molecule has 0 amide bonds. The molecule has 0 aliphatic carbocycles. The van der Waals surface area contributed by atoms with Crippen molar-refractivity contribution in [2.75, 3.05) is 79.3 Å². The van der Waals surface area contributed by atoms with Gasteiger partial charge in [0.05, 0.1) is 66.1 Å². The number of rotatable bonds is 22. The van der Waals surface area contributed by atoms with Crippen LogP contribution in [0.5, 0.6) is 0 Å². The SMILES string of the molecule is C=C(COCCOCCOCCC)c1ccc(C(=C)COCCOCCOCCC)cc1. The van der Waals surface area contributed by atoms with E-state index in [1.54, 1.807) is 0 Å². The zero-order valence-electron chi connectivity index (χ0n) is 20.1. The van der Waals surface area contributed by atoms with Gasteiger partial charge >= 0.3 is 0 Å². The van der Waals surface area contributed by atoms with Crippen LogP contribution in [0.2, 0.25) is 0 Å². The summed E-state index contributed by atoms with van der Waals surface area (Å²) in [7, 11) is 0. The van der Waals surface area contributed by atoms with Crippen LogP contribution in [-0.4, -0.2) is 79.3 Å². The number of hydrogen-bond acceptors (Lipinski definition) is 6. The molecule has 32 heavy (non-hydrogen) atoms. The van der Waals surface area contributed by atoms with E-state index in [9.17, 15) is 0 Å². The van der Waals surface area contributed by atoms with Gasteiger partial charge in [-0.3, -0.25) is 0 Å². The average Bonchev–Trinajstić information content (AvgIpc) is 2.81. The van der Waals surface area contributed by atoms with E-state index in [-0.39, 0.29) is 0 Å². The lowest BCUT2D eigenvalue weighted by Gasteiger charge is -2.11. The fourth-order valence-electron chi connectivity index (χ4n) is 2.67. The van der Waals surface area contributed by atoms with E-state index in [1.165, 1.54) is 0 Å². The van der Waals surface area contributed by atoms with E-state index in [0.29, 0.717) is 66.1 Å². The highest BCUT2D eigenvalue weighted by molar-refractivity contribution is 5.69. The Morgan fingerprint density at radius 2 is 0.781 bits per heavy atom. The molecule has 0 aromatic heterocycles. The molecule has 0 saturated carbocycles. The molecule has 0 N–H and O–H groups in total. The summed E-state index contributed by atoms with van der Waals surface area (Å²) in [5.41, 5.74) is 3.97. The molecule has 0 unspecified atom stereocenters. The minimum absolute atomic E-state index is 0.475. The monoisotopic (exact) mass is 450 g/mol. The zero-order valence-corrected chi connectivity index (χ0v) is 20.1. The van der Waals surface area contributed by atoms with Crippen LogP contribution in [0.3, 0.4) is 0 Å². The molecule has 182 valence electrons. The second-order valence-corrected chi connectivity index (χ2v) is 7.34. The summed E-state index contributed by atoms with van der Waals surface area (Å²) in [6, 6.07) is 8.14. The number of ether oxygens (including phenoxy) is 6.